The molecule has 1 aromatic rings. The second kappa shape index (κ2) is 6.11. The minimum atomic E-state index is 1.07. The Balaban J connectivity index is 2.28. The maximum Gasteiger partial charge on any atom is 0.0410 e. The zero-order valence-corrected chi connectivity index (χ0v) is 9.47. The van der Waals surface area contributed by atoms with E-state index >= 15 is 0 Å². The molecule has 0 fully saturated rings. The van der Waals surface area contributed by atoms with Crippen LogP contribution in [0, 0.1) is 0 Å². The first-order valence-corrected chi connectivity index (χ1v) is 5.36. The van der Waals surface area contributed by atoms with Gasteiger partial charge in [-0.25, -0.2) is 0 Å². The van der Waals surface area contributed by atoms with Crippen molar-refractivity contribution in [1.82, 2.24) is 10.3 Å². The van der Waals surface area contributed by atoms with Gasteiger partial charge in [0.05, 0.1) is 0 Å². The summed E-state index contributed by atoms with van der Waals surface area (Å²) in [5.41, 5.74) is 1.31. The summed E-state index contributed by atoms with van der Waals surface area (Å²) in [4.78, 5) is 4.12. The van der Waals surface area contributed by atoms with Crippen molar-refractivity contribution in [2.45, 2.75) is 19.3 Å². The predicted octanol–water partition coefficient (Wildman–Crippen LogP) is 2.39. The van der Waals surface area contributed by atoms with Crippen LogP contribution < -0.4 is 5.32 Å². The van der Waals surface area contributed by atoms with E-state index in [0.29, 0.717) is 0 Å². The lowest BCUT2D eigenvalue weighted by Crippen LogP contribution is -2.07. The second-order valence-electron chi connectivity index (χ2n) is 3.07. The third-order valence-corrected chi connectivity index (χ3v) is 2.34. The number of halogens is 1. The average Bonchev–Trinajstić information content (AvgIpc) is 2.13. The number of aryl methyl sites for hydroxylation is 1. The van der Waals surface area contributed by atoms with Crippen LogP contribution in [0.5, 0.6) is 0 Å². The summed E-state index contributed by atoms with van der Waals surface area (Å²) in [7, 11) is 1.99. The molecule has 1 heterocycles. The topological polar surface area (TPSA) is 24.9 Å². The Bertz CT molecular complexity index is 250. The van der Waals surface area contributed by atoms with Crippen LogP contribution in [-0.2, 0) is 6.42 Å². The number of nitrogens with zero attached hydrogens (tertiary/aromatic N) is 1. The molecule has 0 unspecified atom stereocenters. The number of hydrogen-bond donors (Lipinski definition) is 1. The van der Waals surface area contributed by atoms with Gasteiger partial charge >= 0.3 is 0 Å². The molecule has 1 aromatic heterocycles. The first kappa shape index (κ1) is 10.7. The predicted molar refractivity (Wildman–Crippen MR) is 58.8 cm³/mol. The summed E-state index contributed by atoms with van der Waals surface area (Å²) in [6.07, 6.45) is 7.32. The summed E-state index contributed by atoms with van der Waals surface area (Å²) in [5.74, 6) is 0. The Morgan fingerprint density at radius 3 is 2.92 bits per heavy atom. The molecule has 3 heteroatoms. The van der Waals surface area contributed by atoms with Gasteiger partial charge < -0.3 is 5.32 Å². The van der Waals surface area contributed by atoms with Gasteiger partial charge in [-0.1, -0.05) is 0 Å². The number of pyridine rings is 1. The van der Waals surface area contributed by atoms with Crippen molar-refractivity contribution >= 4 is 15.9 Å². The Labute approximate surface area is 87.9 Å². The maximum atomic E-state index is 4.12. The Hall–Kier alpha value is -0.410. The molecule has 0 radical (unpaired) electrons. The first-order chi connectivity index (χ1) is 6.33. The van der Waals surface area contributed by atoms with E-state index in [9.17, 15) is 0 Å². The number of rotatable bonds is 5. The van der Waals surface area contributed by atoms with E-state index in [-0.39, 0.29) is 0 Å². The van der Waals surface area contributed by atoms with Crippen molar-refractivity contribution in [2.24, 2.45) is 0 Å². The first-order valence-electron chi connectivity index (χ1n) is 4.57. The lowest BCUT2D eigenvalue weighted by molar-refractivity contribution is 0.676. The normalized spacial score (nSPS) is 10.3. The van der Waals surface area contributed by atoms with E-state index in [4.69, 9.17) is 0 Å². The Kier molecular flexibility index (Phi) is 5.01. The molecule has 0 aliphatic heterocycles. The third-order valence-electron chi connectivity index (χ3n) is 1.90. The van der Waals surface area contributed by atoms with Gasteiger partial charge in [-0.15, -0.1) is 0 Å². The van der Waals surface area contributed by atoms with E-state index in [1.165, 1.54) is 18.4 Å². The maximum absolute atomic E-state index is 4.12. The third kappa shape index (κ3) is 4.39. The van der Waals surface area contributed by atoms with Crippen molar-refractivity contribution in [3.8, 4) is 0 Å². The molecular weight excluding hydrogens is 228 g/mol. The van der Waals surface area contributed by atoms with Gasteiger partial charge in [-0.2, -0.15) is 0 Å². The molecule has 0 aromatic carbocycles. The van der Waals surface area contributed by atoms with Crippen LogP contribution in [0.1, 0.15) is 18.4 Å². The van der Waals surface area contributed by atoms with Crippen molar-refractivity contribution in [2.75, 3.05) is 13.6 Å². The number of nitrogens with one attached hydrogen (secondary N) is 1. The molecule has 1 rings (SSSR count). The molecule has 1 N–H and O–H groups in total. The van der Waals surface area contributed by atoms with Crippen LogP contribution in [0.25, 0.3) is 0 Å². The van der Waals surface area contributed by atoms with E-state index < -0.39 is 0 Å². The van der Waals surface area contributed by atoms with Crippen molar-refractivity contribution in [1.29, 1.82) is 0 Å². The second-order valence-corrected chi connectivity index (χ2v) is 3.99. The van der Waals surface area contributed by atoms with Gasteiger partial charge in [0.1, 0.15) is 0 Å². The highest BCUT2D eigenvalue weighted by molar-refractivity contribution is 9.10. The number of aromatic nitrogens is 1. The molecule has 2 nitrogen and oxygen atoms in total. The quantitative estimate of drug-likeness (QED) is 0.803. The Morgan fingerprint density at radius 1 is 1.38 bits per heavy atom. The molecule has 0 aliphatic rings. The summed E-state index contributed by atoms with van der Waals surface area (Å²) in [6.45, 7) is 1.10. The molecule has 13 heavy (non-hydrogen) atoms. The average molecular weight is 243 g/mol. The van der Waals surface area contributed by atoms with Gasteiger partial charge in [0.15, 0.2) is 0 Å². The van der Waals surface area contributed by atoms with E-state index in [1.54, 1.807) is 0 Å². The van der Waals surface area contributed by atoms with Crippen LogP contribution in [0.3, 0.4) is 0 Å². The number of unbranched alkanes of at least 4 members (excludes halogenated alkanes) is 1. The number of hydrogen-bond acceptors (Lipinski definition) is 2. The van der Waals surface area contributed by atoms with Crippen LogP contribution >= 0.6 is 15.9 Å². The molecule has 0 aliphatic carbocycles. The standard InChI is InChI=1S/C10H15BrN2/c1-12-5-3-2-4-9-6-10(11)8-13-7-9/h6-8,12H,2-5H2,1H3. The summed E-state index contributed by atoms with van der Waals surface area (Å²) >= 11 is 3.41. The van der Waals surface area contributed by atoms with E-state index in [2.05, 4.69) is 32.3 Å². The fourth-order valence-electron chi connectivity index (χ4n) is 1.22. The largest absolute Gasteiger partial charge is 0.320 e. The van der Waals surface area contributed by atoms with Gasteiger partial charge in [0.25, 0.3) is 0 Å². The molecule has 0 spiro atoms. The van der Waals surface area contributed by atoms with Gasteiger partial charge in [-0.05, 0) is 60.4 Å². The van der Waals surface area contributed by atoms with Crippen molar-refractivity contribution in [3.63, 3.8) is 0 Å². The minimum Gasteiger partial charge on any atom is -0.320 e. The fourth-order valence-corrected chi connectivity index (χ4v) is 1.64. The monoisotopic (exact) mass is 242 g/mol. The van der Waals surface area contributed by atoms with Crippen molar-refractivity contribution < 1.29 is 0 Å². The zero-order chi connectivity index (χ0) is 9.52. The van der Waals surface area contributed by atoms with E-state index in [0.717, 1.165) is 17.4 Å². The van der Waals surface area contributed by atoms with Crippen LogP contribution in [0.4, 0.5) is 0 Å². The molecule has 0 amide bonds. The SMILES string of the molecule is CNCCCCc1cncc(Br)c1. The van der Waals surface area contributed by atoms with Gasteiger partial charge in [0.2, 0.25) is 0 Å². The Morgan fingerprint density at radius 2 is 2.23 bits per heavy atom. The summed E-state index contributed by atoms with van der Waals surface area (Å²) < 4.78 is 1.07. The van der Waals surface area contributed by atoms with Crippen LogP contribution in [-0.4, -0.2) is 18.6 Å². The molecule has 72 valence electrons. The summed E-state index contributed by atoms with van der Waals surface area (Å²) in [5, 5.41) is 3.14. The van der Waals surface area contributed by atoms with Crippen molar-refractivity contribution in [3.05, 3.63) is 28.5 Å². The van der Waals surface area contributed by atoms with Gasteiger partial charge in [-0.3, -0.25) is 4.98 Å². The van der Waals surface area contributed by atoms with Crippen LogP contribution in [0.2, 0.25) is 0 Å². The molecule has 0 saturated carbocycles. The molecule has 0 atom stereocenters. The highest BCUT2D eigenvalue weighted by Crippen LogP contribution is 2.11. The van der Waals surface area contributed by atoms with E-state index in [1.807, 2.05) is 19.4 Å². The highest BCUT2D eigenvalue weighted by atomic mass is 79.9. The lowest BCUT2D eigenvalue weighted by Gasteiger charge is -2.01. The molecular formula is C10H15BrN2. The van der Waals surface area contributed by atoms with Crippen LogP contribution in [0.15, 0.2) is 22.9 Å². The molecule has 0 bridgehead atoms. The summed E-state index contributed by atoms with van der Waals surface area (Å²) in [6, 6.07) is 2.13. The smallest absolute Gasteiger partial charge is 0.0410 e. The zero-order valence-electron chi connectivity index (χ0n) is 7.89. The molecule has 0 saturated heterocycles. The van der Waals surface area contributed by atoms with Gasteiger partial charge in [0, 0.05) is 16.9 Å². The highest BCUT2D eigenvalue weighted by Gasteiger charge is 1.94. The minimum absolute atomic E-state index is 1.07. The fraction of sp³-hybridized carbons (Fsp3) is 0.500. The lowest BCUT2D eigenvalue weighted by atomic mass is 10.1.